The molecule has 3 rings (SSSR count). The Morgan fingerprint density at radius 1 is 1.26 bits per heavy atom. The highest BCUT2D eigenvalue weighted by Gasteiger charge is 2.32. The van der Waals surface area contributed by atoms with Crippen LogP contribution in [-0.4, -0.2) is 11.5 Å². The molecule has 2 aliphatic rings. The third kappa shape index (κ3) is 2.50. The molecule has 1 N–H and O–H groups in total. The SMILES string of the molecule is C[C@@H]1CC(=O)[C@H]2C=C(c3ccc(Br)cc3)NN=C2C1. The summed E-state index contributed by atoms with van der Waals surface area (Å²) < 4.78 is 1.04. The molecule has 3 nitrogen and oxygen atoms in total. The maximum atomic E-state index is 12.1. The van der Waals surface area contributed by atoms with Crippen LogP contribution >= 0.6 is 15.9 Å². The van der Waals surface area contributed by atoms with E-state index in [0.29, 0.717) is 12.3 Å². The lowest BCUT2D eigenvalue weighted by molar-refractivity contribution is -0.121. The second kappa shape index (κ2) is 4.93. The molecule has 4 heteroatoms. The predicted molar refractivity (Wildman–Crippen MR) is 79.6 cm³/mol. The normalized spacial score (nSPS) is 26.1. The van der Waals surface area contributed by atoms with Crippen molar-refractivity contribution in [3.05, 3.63) is 40.4 Å². The Labute approximate surface area is 120 Å². The van der Waals surface area contributed by atoms with Crippen LogP contribution in [0.4, 0.5) is 0 Å². The minimum atomic E-state index is -0.129. The fraction of sp³-hybridized carbons (Fsp3) is 0.333. The number of hydrazone groups is 1. The van der Waals surface area contributed by atoms with Crippen LogP contribution in [0.2, 0.25) is 0 Å². The number of ketones is 1. The lowest BCUT2D eigenvalue weighted by Gasteiger charge is -2.28. The summed E-state index contributed by atoms with van der Waals surface area (Å²) in [5.74, 6) is 0.566. The average Bonchev–Trinajstić information content (AvgIpc) is 2.39. The van der Waals surface area contributed by atoms with Crippen LogP contribution in [0.1, 0.15) is 25.3 Å². The molecule has 0 unspecified atom stereocenters. The van der Waals surface area contributed by atoms with Crippen LogP contribution in [-0.2, 0) is 4.79 Å². The molecule has 0 radical (unpaired) electrons. The number of nitrogens with zero attached hydrogens (tertiary/aromatic N) is 1. The molecule has 1 aromatic carbocycles. The zero-order chi connectivity index (χ0) is 13.4. The Kier molecular flexibility index (Phi) is 3.27. The van der Waals surface area contributed by atoms with E-state index in [9.17, 15) is 4.79 Å². The summed E-state index contributed by atoms with van der Waals surface area (Å²) in [5, 5.41) is 4.40. The van der Waals surface area contributed by atoms with E-state index in [2.05, 4.69) is 33.4 Å². The number of allylic oxidation sites excluding steroid dienone is 1. The molecule has 1 saturated carbocycles. The van der Waals surface area contributed by atoms with Crippen molar-refractivity contribution >= 4 is 33.1 Å². The van der Waals surface area contributed by atoms with E-state index in [-0.39, 0.29) is 11.7 Å². The van der Waals surface area contributed by atoms with E-state index < -0.39 is 0 Å². The van der Waals surface area contributed by atoms with Crippen LogP contribution in [0.5, 0.6) is 0 Å². The fourth-order valence-electron chi connectivity index (χ4n) is 2.64. The molecule has 0 bridgehead atoms. The van der Waals surface area contributed by atoms with Gasteiger partial charge in [-0.25, -0.2) is 0 Å². The van der Waals surface area contributed by atoms with Gasteiger partial charge in [0.05, 0.1) is 17.3 Å². The Hall–Kier alpha value is -1.42. The highest BCUT2D eigenvalue weighted by Crippen LogP contribution is 2.29. The van der Waals surface area contributed by atoms with Crippen molar-refractivity contribution in [2.75, 3.05) is 0 Å². The van der Waals surface area contributed by atoms with Crippen LogP contribution < -0.4 is 5.43 Å². The molecule has 0 saturated heterocycles. The summed E-state index contributed by atoms with van der Waals surface area (Å²) in [7, 11) is 0. The van der Waals surface area contributed by atoms with Crippen molar-refractivity contribution in [2.45, 2.75) is 19.8 Å². The zero-order valence-electron chi connectivity index (χ0n) is 10.7. The third-order valence-corrected chi connectivity index (χ3v) is 4.15. The zero-order valence-corrected chi connectivity index (χ0v) is 12.3. The van der Waals surface area contributed by atoms with Crippen molar-refractivity contribution in [3.8, 4) is 0 Å². The summed E-state index contributed by atoms with van der Waals surface area (Å²) in [6.07, 6.45) is 3.58. The second-order valence-electron chi connectivity index (χ2n) is 5.26. The second-order valence-corrected chi connectivity index (χ2v) is 6.18. The van der Waals surface area contributed by atoms with Gasteiger partial charge in [0.1, 0.15) is 5.78 Å². The maximum Gasteiger partial charge on any atom is 0.145 e. The monoisotopic (exact) mass is 318 g/mol. The summed E-state index contributed by atoms with van der Waals surface area (Å²) in [4.78, 5) is 12.1. The number of hydrogen-bond donors (Lipinski definition) is 1. The van der Waals surface area contributed by atoms with E-state index in [4.69, 9.17) is 0 Å². The predicted octanol–water partition coefficient (Wildman–Crippen LogP) is 3.36. The van der Waals surface area contributed by atoms with Gasteiger partial charge in [0.25, 0.3) is 0 Å². The maximum absolute atomic E-state index is 12.1. The van der Waals surface area contributed by atoms with Crippen molar-refractivity contribution in [2.24, 2.45) is 16.9 Å². The first-order valence-corrected chi connectivity index (χ1v) is 7.25. The molecule has 98 valence electrons. The van der Waals surface area contributed by atoms with Gasteiger partial charge in [-0.1, -0.05) is 35.0 Å². The Morgan fingerprint density at radius 3 is 2.74 bits per heavy atom. The lowest BCUT2D eigenvalue weighted by Crippen LogP contribution is -2.35. The number of hydrogen-bond acceptors (Lipinski definition) is 3. The molecule has 1 fully saturated rings. The molecule has 2 atom stereocenters. The Bertz CT molecular complexity index is 574. The first-order valence-electron chi connectivity index (χ1n) is 6.46. The van der Waals surface area contributed by atoms with E-state index >= 15 is 0 Å². The van der Waals surface area contributed by atoms with Gasteiger partial charge in [-0.05, 0) is 36.1 Å². The van der Waals surface area contributed by atoms with Crippen molar-refractivity contribution < 1.29 is 4.79 Å². The molecule has 1 heterocycles. The molecule has 0 amide bonds. The number of nitrogens with one attached hydrogen (secondary N) is 1. The highest BCUT2D eigenvalue weighted by atomic mass is 79.9. The number of rotatable bonds is 1. The molecular formula is C15H15BrN2O. The molecular weight excluding hydrogens is 304 g/mol. The van der Waals surface area contributed by atoms with Crippen molar-refractivity contribution in [1.82, 2.24) is 5.43 Å². The molecule has 1 aliphatic heterocycles. The smallest absolute Gasteiger partial charge is 0.145 e. The van der Waals surface area contributed by atoms with E-state index in [0.717, 1.165) is 27.9 Å². The van der Waals surface area contributed by atoms with Crippen LogP contribution in [0.15, 0.2) is 39.9 Å². The van der Waals surface area contributed by atoms with Gasteiger partial charge < -0.3 is 0 Å². The van der Waals surface area contributed by atoms with E-state index in [1.54, 1.807) is 0 Å². The summed E-state index contributed by atoms with van der Waals surface area (Å²) in [6.45, 7) is 2.10. The average molecular weight is 319 g/mol. The number of carbonyl (C=O) groups excluding carboxylic acids is 1. The number of benzene rings is 1. The number of carbonyl (C=O) groups is 1. The van der Waals surface area contributed by atoms with Crippen molar-refractivity contribution in [1.29, 1.82) is 0 Å². The topological polar surface area (TPSA) is 41.5 Å². The van der Waals surface area contributed by atoms with Gasteiger partial charge in [0.2, 0.25) is 0 Å². The van der Waals surface area contributed by atoms with Gasteiger partial charge in [-0.2, -0.15) is 5.10 Å². The van der Waals surface area contributed by atoms with Gasteiger partial charge in [0, 0.05) is 10.9 Å². The van der Waals surface area contributed by atoms with Gasteiger partial charge in [-0.3, -0.25) is 10.2 Å². The van der Waals surface area contributed by atoms with Crippen LogP contribution in [0.25, 0.3) is 5.70 Å². The van der Waals surface area contributed by atoms with Crippen molar-refractivity contribution in [3.63, 3.8) is 0 Å². The van der Waals surface area contributed by atoms with Crippen LogP contribution in [0.3, 0.4) is 0 Å². The Morgan fingerprint density at radius 2 is 2.00 bits per heavy atom. The van der Waals surface area contributed by atoms with Gasteiger partial charge in [-0.15, -0.1) is 0 Å². The molecule has 0 spiro atoms. The summed E-state index contributed by atoms with van der Waals surface area (Å²) in [6, 6.07) is 8.00. The molecule has 1 aliphatic carbocycles. The minimum absolute atomic E-state index is 0.129. The quantitative estimate of drug-likeness (QED) is 0.862. The molecule has 19 heavy (non-hydrogen) atoms. The third-order valence-electron chi connectivity index (χ3n) is 3.62. The number of fused-ring (bicyclic) bond motifs is 1. The van der Waals surface area contributed by atoms with Gasteiger partial charge >= 0.3 is 0 Å². The standard InChI is InChI=1S/C15H15BrN2O/c1-9-6-14-12(15(19)7-9)8-13(17-18-14)10-2-4-11(16)5-3-10/h2-5,8-9,12,17H,6-7H2,1H3/t9-,12-/m0/s1. The van der Waals surface area contributed by atoms with Gasteiger partial charge in [0.15, 0.2) is 0 Å². The lowest BCUT2D eigenvalue weighted by atomic mass is 9.79. The van der Waals surface area contributed by atoms with E-state index in [1.807, 2.05) is 30.3 Å². The number of halogens is 1. The summed E-state index contributed by atoms with van der Waals surface area (Å²) in [5.41, 5.74) is 6.03. The Balaban J connectivity index is 1.89. The minimum Gasteiger partial charge on any atom is -0.299 e. The van der Waals surface area contributed by atoms with Crippen LogP contribution in [0, 0.1) is 11.8 Å². The highest BCUT2D eigenvalue weighted by molar-refractivity contribution is 9.10. The number of Topliss-reactive ketones (excluding diaryl/α,β-unsaturated/α-hetero) is 1. The van der Waals surface area contributed by atoms with E-state index in [1.165, 1.54) is 0 Å². The summed E-state index contributed by atoms with van der Waals surface area (Å²) >= 11 is 3.42. The largest absolute Gasteiger partial charge is 0.299 e. The molecule has 1 aromatic rings. The first kappa shape index (κ1) is 12.6. The molecule has 0 aromatic heterocycles. The fourth-order valence-corrected chi connectivity index (χ4v) is 2.91. The first-order chi connectivity index (χ1) is 9.13.